The predicted octanol–water partition coefficient (Wildman–Crippen LogP) is 1.86. The molecule has 6 heteroatoms. The lowest BCUT2D eigenvalue weighted by molar-refractivity contribution is -0.120. The van der Waals surface area contributed by atoms with Crippen molar-refractivity contribution in [2.45, 2.75) is 13.0 Å². The highest BCUT2D eigenvalue weighted by atomic mass is 35.5. The van der Waals surface area contributed by atoms with Gasteiger partial charge in [-0.15, -0.1) is 12.4 Å². The van der Waals surface area contributed by atoms with Crippen LogP contribution in [0, 0.1) is 0 Å². The van der Waals surface area contributed by atoms with Gasteiger partial charge in [0.15, 0.2) is 0 Å². The van der Waals surface area contributed by atoms with E-state index < -0.39 is 0 Å². The first-order valence-electron chi connectivity index (χ1n) is 5.45. The molecule has 1 atom stereocenters. The van der Waals surface area contributed by atoms with E-state index in [1.54, 1.807) is 31.3 Å². The summed E-state index contributed by atoms with van der Waals surface area (Å²) in [5, 5.41) is 6.22. The molecular weight excluding hydrogens is 275 g/mol. The number of ether oxygens (including phenoxy) is 1. The highest BCUT2D eigenvalue weighted by Crippen LogP contribution is 2.16. The van der Waals surface area contributed by atoms with Crippen molar-refractivity contribution in [1.29, 1.82) is 0 Å². The molecule has 0 fully saturated rings. The largest absolute Gasteiger partial charge is 0.489 e. The summed E-state index contributed by atoms with van der Waals surface area (Å²) < 4.78 is 5.60. The summed E-state index contributed by atoms with van der Waals surface area (Å²) in [5.74, 6) is 0.698. The number of hydrogen-bond donors (Lipinski definition) is 2. The Morgan fingerprint density at radius 2 is 2.00 bits per heavy atom. The van der Waals surface area contributed by atoms with Crippen molar-refractivity contribution in [3.63, 3.8) is 0 Å². The van der Waals surface area contributed by atoms with E-state index in [2.05, 4.69) is 10.6 Å². The number of carbonyl (C=O) groups excluding carboxylic acids is 1. The summed E-state index contributed by atoms with van der Waals surface area (Å²) in [6.07, 6.45) is -0.0861. The summed E-state index contributed by atoms with van der Waals surface area (Å²) in [5.41, 5.74) is 0. The molecule has 0 aliphatic carbocycles. The van der Waals surface area contributed by atoms with Crippen LogP contribution in [-0.2, 0) is 4.79 Å². The highest BCUT2D eigenvalue weighted by Gasteiger charge is 2.06. The van der Waals surface area contributed by atoms with Crippen LogP contribution in [0.4, 0.5) is 0 Å². The number of amides is 1. The molecule has 2 N–H and O–H groups in total. The minimum Gasteiger partial charge on any atom is -0.489 e. The molecule has 1 rings (SSSR count). The molecule has 0 saturated carbocycles. The van der Waals surface area contributed by atoms with Gasteiger partial charge in [-0.3, -0.25) is 4.79 Å². The normalized spacial score (nSPS) is 11.3. The van der Waals surface area contributed by atoms with Gasteiger partial charge in [-0.25, -0.2) is 0 Å². The van der Waals surface area contributed by atoms with Crippen LogP contribution in [0.1, 0.15) is 6.92 Å². The quantitative estimate of drug-likeness (QED) is 0.842. The van der Waals surface area contributed by atoms with Gasteiger partial charge in [0.25, 0.3) is 0 Å². The molecule has 102 valence electrons. The Morgan fingerprint density at radius 3 is 2.56 bits per heavy atom. The Balaban J connectivity index is 0.00000289. The van der Waals surface area contributed by atoms with E-state index in [1.165, 1.54) is 0 Å². The Morgan fingerprint density at radius 1 is 1.39 bits per heavy atom. The Labute approximate surface area is 118 Å². The highest BCUT2D eigenvalue weighted by molar-refractivity contribution is 6.30. The predicted molar refractivity (Wildman–Crippen MR) is 75.7 cm³/mol. The molecule has 4 nitrogen and oxygen atoms in total. The third-order valence-corrected chi connectivity index (χ3v) is 2.33. The van der Waals surface area contributed by atoms with E-state index in [4.69, 9.17) is 16.3 Å². The van der Waals surface area contributed by atoms with E-state index in [1.807, 2.05) is 6.92 Å². The number of halogens is 2. The number of nitrogens with one attached hydrogen (secondary N) is 2. The number of carbonyl (C=O) groups is 1. The lowest BCUT2D eigenvalue weighted by Gasteiger charge is -2.15. The monoisotopic (exact) mass is 292 g/mol. The SMILES string of the molecule is CNCC(=O)NCC(C)Oc1ccc(Cl)cc1.Cl. The second-order valence-corrected chi connectivity index (χ2v) is 4.15. The van der Waals surface area contributed by atoms with Gasteiger partial charge in [-0.1, -0.05) is 11.6 Å². The van der Waals surface area contributed by atoms with E-state index in [0.29, 0.717) is 18.1 Å². The minimum atomic E-state index is -0.0861. The van der Waals surface area contributed by atoms with Crippen molar-refractivity contribution in [1.82, 2.24) is 10.6 Å². The third-order valence-electron chi connectivity index (χ3n) is 2.07. The van der Waals surface area contributed by atoms with E-state index in [-0.39, 0.29) is 24.4 Å². The van der Waals surface area contributed by atoms with Crippen molar-refractivity contribution < 1.29 is 9.53 Å². The Kier molecular flexibility index (Phi) is 8.54. The molecule has 1 amide bonds. The molecule has 0 radical (unpaired) electrons. The second kappa shape index (κ2) is 9.03. The van der Waals surface area contributed by atoms with Gasteiger partial charge < -0.3 is 15.4 Å². The number of likely N-dealkylation sites (N-methyl/N-ethyl adjacent to an activating group) is 1. The Bertz CT molecular complexity index is 358. The molecule has 0 aromatic heterocycles. The summed E-state index contributed by atoms with van der Waals surface area (Å²) in [7, 11) is 1.73. The molecule has 1 unspecified atom stereocenters. The van der Waals surface area contributed by atoms with Crippen LogP contribution in [-0.4, -0.2) is 32.1 Å². The maximum atomic E-state index is 11.2. The van der Waals surface area contributed by atoms with Crippen LogP contribution in [0.5, 0.6) is 5.75 Å². The summed E-state index contributed by atoms with van der Waals surface area (Å²) in [6.45, 7) is 2.69. The van der Waals surface area contributed by atoms with Gasteiger partial charge in [0.2, 0.25) is 5.91 Å². The summed E-state index contributed by atoms with van der Waals surface area (Å²) in [4.78, 5) is 11.2. The fraction of sp³-hybridized carbons (Fsp3) is 0.417. The van der Waals surface area contributed by atoms with Gasteiger partial charge in [-0.2, -0.15) is 0 Å². The third kappa shape index (κ3) is 6.69. The van der Waals surface area contributed by atoms with Gasteiger partial charge in [0.05, 0.1) is 13.1 Å². The van der Waals surface area contributed by atoms with E-state index in [0.717, 1.165) is 5.75 Å². The molecule has 0 aliphatic heterocycles. The first kappa shape index (κ1) is 17.0. The van der Waals surface area contributed by atoms with Crippen LogP contribution < -0.4 is 15.4 Å². The van der Waals surface area contributed by atoms with Crippen LogP contribution in [0.2, 0.25) is 5.02 Å². The van der Waals surface area contributed by atoms with Crippen molar-refractivity contribution >= 4 is 29.9 Å². The van der Waals surface area contributed by atoms with E-state index >= 15 is 0 Å². The molecule has 0 spiro atoms. The zero-order valence-electron chi connectivity index (χ0n) is 10.4. The van der Waals surface area contributed by atoms with Crippen LogP contribution in [0.25, 0.3) is 0 Å². The molecule has 0 bridgehead atoms. The van der Waals surface area contributed by atoms with Crippen LogP contribution >= 0.6 is 24.0 Å². The first-order valence-corrected chi connectivity index (χ1v) is 5.83. The maximum absolute atomic E-state index is 11.2. The second-order valence-electron chi connectivity index (χ2n) is 3.72. The fourth-order valence-electron chi connectivity index (χ4n) is 1.27. The molecule has 1 aromatic carbocycles. The number of hydrogen-bond acceptors (Lipinski definition) is 3. The zero-order chi connectivity index (χ0) is 12.7. The molecule has 0 saturated heterocycles. The van der Waals surface area contributed by atoms with Crippen LogP contribution in [0.3, 0.4) is 0 Å². The average Bonchev–Trinajstić information content (AvgIpc) is 2.30. The van der Waals surface area contributed by atoms with Gasteiger partial charge >= 0.3 is 0 Å². The summed E-state index contributed by atoms with van der Waals surface area (Å²) in [6, 6.07) is 7.13. The van der Waals surface area contributed by atoms with E-state index in [9.17, 15) is 4.79 Å². The minimum absolute atomic E-state index is 0. The maximum Gasteiger partial charge on any atom is 0.234 e. The molecule has 0 aliphatic rings. The lowest BCUT2D eigenvalue weighted by Crippen LogP contribution is -2.38. The zero-order valence-corrected chi connectivity index (χ0v) is 12.0. The van der Waals surface area contributed by atoms with Gasteiger partial charge in [0.1, 0.15) is 11.9 Å². The molecule has 1 aromatic rings. The first-order chi connectivity index (χ1) is 8.11. The lowest BCUT2D eigenvalue weighted by atomic mass is 10.3. The number of benzene rings is 1. The fourth-order valence-corrected chi connectivity index (χ4v) is 1.39. The molecular formula is C12H18Cl2N2O2. The van der Waals surface area contributed by atoms with Crippen molar-refractivity contribution in [3.05, 3.63) is 29.3 Å². The Hall–Kier alpha value is -0.970. The van der Waals surface area contributed by atoms with Crippen molar-refractivity contribution in [2.24, 2.45) is 0 Å². The van der Waals surface area contributed by atoms with Crippen LogP contribution in [0.15, 0.2) is 24.3 Å². The van der Waals surface area contributed by atoms with Gasteiger partial charge in [-0.05, 0) is 38.2 Å². The topological polar surface area (TPSA) is 50.4 Å². The number of rotatable bonds is 6. The summed E-state index contributed by atoms with van der Waals surface area (Å²) >= 11 is 5.77. The smallest absolute Gasteiger partial charge is 0.234 e. The standard InChI is InChI=1S/C12H17ClN2O2.ClH/c1-9(7-15-12(16)8-14-2)17-11-5-3-10(13)4-6-11;/h3-6,9,14H,7-8H2,1-2H3,(H,15,16);1H. The molecule has 18 heavy (non-hydrogen) atoms. The molecule has 0 heterocycles. The van der Waals surface area contributed by atoms with Gasteiger partial charge in [0, 0.05) is 5.02 Å². The average molecular weight is 293 g/mol. The van der Waals surface area contributed by atoms with Crippen molar-refractivity contribution in [2.75, 3.05) is 20.1 Å². The van der Waals surface area contributed by atoms with Crippen molar-refractivity contribution in [3.8, 4) is 5.75 Å².